The summed E-state index contributed by atoms with van der Waals surface area (Å²) in [5.41, 5.74) is 6.87. The molecule has 0 heterocycles. The van der Waals surface area contributed by atoms with Gasteiger partial charge in [-0.1, -0.05) is 42.5 Å². The Labute approximate surface area is 161 Å². The van der Waals surface area contributed by atoms with Crippen LogP contribution in [0.4, 0.5) is 4.39 Å². The van der Waals surface area contributed by atoms with Crippen LogP contribution < -0.4 is 16.2 Å². The molecule has 2 aromatic carbocycles. The predicted molar refractivity (Wildman–Crippen MR) is 105 cm³/mol. The van der Waals surface area contributed by atoms with Crippen molar-refractivity contribution in [3.8, 4) is 0 Å². The first kappa shape index (κ1) is 18.7. The van der Waals surface area contributed by atoms with E-state index in [1.165, 1.54) is 24.3 Å². The Hall–Kier alpha value is -3.06. The van der Waals surface area contributed by atoms with E-state index < -0.39 is 5.91 Å². The lowest BCUT2D eigenvalue weighted by atomic mass is 10.1. The summed E-state index contributed by atoms with van der Waals surface area (Å²) in [6, 6.07) is 15.6. The first-order valence-electron chi connectivity index (χ1n) is 8.42. The van der Waals surface area contributed by atoms with Gasteiger partial charge in [0.15, 0.2) is 5.11 Å². The maximum absolute atomic E-state index is 12.8. The molecule has 5 nitrogen and oxygen atoms in total. The molecule has 3 rings (SSSR count). The van der Waals surface area contributed by atoms with Crippen molar-refractivity contribution >= 4 is 35.2 Å². The van der Waals surface area contributed by atoms with Crippen molar-refractivity contribution in [1.29, 1.82) is 0 Å². The molecule has 0 aliphatic heterocycles. The van der Waals surface area contributed by atoms with E-state index in [9.17, 15) is 14.0 Å². The highest BCUT2D eigenvalue weighted by Crippen LogP contribution is 2.47. The third kappa shape index (κ3) is 5.46. The summed E-state index contributed by atoms with van der Waals surface area (Å²) in [4.78, 5) is 23.9. The zero-order valence-electron chi connectivity index (χ0n) is 14.3. The average molecular weight is 383 g/mol. The number of halogens is 1. The Morgan fingerprint density at radius 1 is 1.04 bits per heavy atom. The maximum Gasteiger partial charge on any atom is 0.250 e. The number of thiocarbonyl (C=S) groups is 1. The van der Waals surface area contributed by atoms with Crippen LogP contribution in [0, 0.1) is 11.7 Å². The van der Waals surface area contributed by atoms with Gasteiger partial charge in [0.05, 0.1) is 0 Å². The largest absolute Gasteiger partial charge is 0.298 e. The van der Waals surface area contributed by atoms with Crippen LogP contribution in [0.25, 0.3) is 6.08 Å². The van der Waals surface area contributed by atoms with Gasteiger partial charge in [-0.3, -0.25) is 25.8 Å². The van der Waals surface area contributed by atoms with Crippen LogP contribution in [0.2, 0.25) is 0 Å². The predicted octanol–water partition coefficient (Wildman–Crippen LogP) is 2.66. The average Bonchev–Trinajstić information content (AvgIpc) is 3.47. The molecule has 0 aromatic heterocycles. The van der Waals surface area contributed by atoms with Crippen LogP contribution >= 0.6 is 12.2 Å². The molecule has 1 aliphatic carbocycles. The molecule has 1 aliphatic rings. The van der Waals surface area contributed by atoms with Crippen molar-refractivity contribution in [2.45, 2.75) is 12.3 Å². The maximum atomic E-state index is 12.8. The lowest BCUT2D eigenvalue weighted by Gasteiger charge is -2.09. The molecular formula is C20H18FN3O2S. The smallest absolute Gasteiger partial charge is 0.250 e. The van der Waals surface area contributed by atoms with E-state index in [4.69, 9.17) is 12.2 Å². The zero-order chi connectivity index (χ0) is 19.2. The van der Waals surface area contributed by atoms with Gasteiger partial charge in [-0.25, -0.2) is 4.39 Å². The van der Waals surface area contributed by atoms with Crippen molar-refractivity contribution in [3.05, 3.63) is 77.6 Å². The minimum absolute atomic E-state index is 0.00554. The fourth-order valence-corrected chi connectivity index (χ4v) is 2.85. The fourth-order valence-electron chi connectivity index (χ4n) is 2.70. The molecular weight excluding hydrogens is 365 g/mol. The van der Waals surface area contributed by atoms with Crippen LogP contribution in [0.15, 0.2) is 60.7 Å². The number of nitrogens with one attached hydrogen (secondary N) is 3. The Balaban J connectivity index is 1.40. The molecule has 27 heavy (non-hydrogen) atoms. The van der Waals surface area contributed by atoms with Gasteiger partial charge in [0.2, 0.25) is 11.8 Å². The number of hydrogen-bond donors (Lipinski definition) is 3. The molecule has 7 heteroatoms. The van der Waals surface area contributed by atoms with E-state index in [-0.39, 0.29) is 28.7 Å². The summed E-state index contributed by atoms with van der Waals surface area (Å²) in [5.74, 6) is -0.851. The molecule has 3 N–H and O–H groups in total. The van der Waals surface area contributed by atoms with Crippen molar-refractivity contribution in [2.75, 3.05) is 0 Å². The lowest BCUT2D eigenvalue weighted by molar-refractivity contribution is -0.123. The third-order valence-corrected chi connectivity index (χ3v) is 4.39. The van der Waals surface area contributed by atoms with Crippen LogP contribution in [-0.2, 0) is 9.59 Å². The Morgan fingerprint density at radius 2 is 1.74 bits per heavy atom. The summed E-state index contributed by atoms with van der Waals surface area (Å²) < 4.78 is 12.8. The number of hydrazine groups is 1. The van der Waals surface area contributed by atoms with Crippen molar-refractivity contribution in [1.82, 2.24) is 16.2 Å². The van der Waals surface area contributed by atoms with Gasteiger partial charge in [0, 0.05) is 12.0 Å². The second kappa shape index (κ2) is 8.55. The number of rotatable bonds is 4. The molecule has 138 valence electrons. The Bertz CT molecular complexity index is 869. The van der Waals surface area contributed by atoms with Crippen LogP contribution in [0.1, 0.15) is 23.5 Å². The Kier molecular flexibility index (Phi) is 5.93. The number of hydrogen-bond acceptors (Lipinski definition) is 3. The zero-order valence-corrected chi connectivity index (χ0v) is 15.1. The van der Waals surface area contributed by atoms with Crippen LogP contribution in [-0.4, -0.2) is 16.9 Å². The molecule has 0 saturated heterocycles. The quantitative estimate of drug-likeness (QED) is 0.431. The second-order valence-corrected chi connectivity index (χ2v) is 6.59. The summed E-state index contributed by atoms with van der Waals surface area (Å²) in [7, 11) is 0. The van der Waals surface area contributed by atoms with Gasteiger partial charge < -0.3 is 0 Å². The number of carbonyl (C=O) groups is 2. The van der Waals surface area contributed by atoms with Gasteiger partial charge in [-0.2, -0.15) is 0 Å². The van der Waals surface area contributed by atoms with Crippen molar-refractivity contribution in [2.24, 2.45) is 5.92 Å². The van der Waals surface area contributed by atoms with Crippen molar-refractivity contribution in [3.63, 3.8) is 0 Å². The van der Waals surface area contributed by atoms with E-state index in [2.05, 4.69) is 16.2 Å². The minimum atomic E-state index is -0.459. The summed E-state index contributed by atoms with van der Waals surface area (Å²) in [6.45, 7) is 0. The van der Waals surface area contributed by atoms with Gasteiger partial charge >= 0.3 is 0 Å². The van der Waals surface area contributed by atoms with Gasteiger partial charge in [-0.15, -0.1) is 0 Å². The second-order valence-electron chi connectivity index (χ2n) is 6.18. The van der Waals surface area contributed by atoms with Crippen molar-refractivity contribution < 1.29 is 14.0 Å². The lowest BCUT2D eigenvalue weighted by Crippen LogP contribution is -2.48. The molecule has 1 fully saturated rings. The van der Waals surface area contributed by atoms with Gasteiger partial charge in [0.1, 0.15) is 5.82 Å². The first-order chi connectivity index (χ1) is 13.0. The van der Waals surface area contributed by atoms with Gasteiger partial charge in [0.25, 0.3) is 0 Å². The highest BCUT2D eigenvalue weighted by Gasteiger charge is 2.43. The molecule has 2 amide bonds. The first-order valence-corrected chi connectivity index (χ1v) is 8.83. The summed E-state index contributed by atoms with van der Waals surface area (Å²) >= 11 is 4.99. The number of carbonyl (C=O) groups excluding carboxylic acids is 2. The minimum Gasteiger partial charge on any atom is -0.298 e. The molecule has 2 aromatic rings. The summed E-state index contributed by atoms with van der Waals surface area (Å²) in [6.07, 6.45) is 3.59. The molecule has 0 radical (unpaired) electrons. The number of amides is 2. The highest BCUT2D eigenvalue weighted by molar-refractivity contribution is 7.80. The van der Waals surface area contributed by atoms with E-state index >= 15 is 0 Å². The topological polar surface area (TPSA) is 70.2 Å². The molecule has 2 atom stereocenters. The van der Waals surface area contributed by atoms with E-state index in [1.807, 2.05) is 30.3 Å². The summed E-state index contributed by atoms with van der Waals surface area (Å²) in [5, 5.41) is 2.42. The molecule has 0 unspecified atom stereocenters. The van der Waals surface area contributed by atoms with E-state index in [0.717, 1.165) is 12.0 Å². The number of benzene rings is 2. The van der Waals surface area contributed by atoms with E-state index in [1.54, 1.807) is 12.1 Å². The fraction of sp³-hybridized carbons (Fsp3) is 0.150. The monoisotopic (exact) mass is 383 g/mol. The molecule has 0 bridgehead atoms. The van der Waals surface area contributed by atoms with E-state index in [0.29, 0.717) is 5.56 Å². The standard InChI is InChI=1S/C20H18FN3O2S/c21-15-9-6-13(7-10-15)8-11-18(25)22-20(27)24-23-19(26)17-12-16(17)14-4-2-1-3-5-14/h1-11,16-17H,12H2,(H,23,26)(H2,22,24,25,27)/b11-8+/t16-,17+/m0/s1. The van der Waals surface area contributed by atoms with Crippen LogP contribution in [0.3, 0.4) is 0 Å². The molecule has 1 saturated carbocycles. The highest BCUT2D eigenvalue weighted by atomic mass is 32.1. The van der Waals surface area contributed by atoms with Crippen LogP contribution in [0.5, 0.6) is 0 Å². The molecule has 0 spiro atoms. The third-order valence-electron chi connectivity index (χ3n) is 4.19. The SMILES string of the molecule is O=C(/C=C/c1ccc(F)cc1)NC(=S)NNC(=O)[C@@H]1C[C@H]1c1ccccc1. The normalized spacial score (nSPS) is 18.0. The van der Waals surface area contributed by atoms with Gasteiger partial charge in [-0.05, 0) is 53.9 Å². The Morgan fingerprint density at radius 3 is 2.44 bits per heavy atom.